The molecule has 0 aliphatic carbocycles. The van der Waals surface area contributed by atoms with Crippen LogP contribution in [0.15, 0.2) is 17.0 Å². The maximum absolute atomic E-state index is 12.4. The van der Waals surface area contributed by atoms with Crippen LogP contribution < -0.4 is 5.32 Å². The van der Waals surface area contributed by atoms with E-state index in [0.29, 0.717) is 11.5 Å². The Morgan fingerprint density at radius 1 is 1.08 bits per heavy atom. The number of aromatic hydroxyl groups is 1. The molecule has 1 aromatic carbocycles. The number of benzene rings is 1. The Bertz CT molecular complexity index is 589. The number of nitrogens with zero attached hydrogens (tertiary/aromatic N) is 1. The summed E-state index contributed by atoms with van der Waals surface area (Å²) in [5.74, 6) is 1.02. The molecule has 140 valence electrons. The van der Waals surface area contributed by atoms with Gasteiger partial charge >= 0.3 is 0 Å². The topological polar surface area (TPSA) is 52.6 Å². The van der Waals surface area contributed by atoms with Crippen molar-refractivity contribution in [1.29, 1.82) is 0 Å². The molecular formula is C20H32N2O2S. The average Bonchev–Trinajstić information content (AvgIpc) is 2.52. The standard InChI is InChI=1S/C20H32N2O2S/c1-19(2,3)15-11-14(12-16(18(15)24)20(4,5)6)25-13-17(23)22-9-7-21-8-10-22/h11-12,21,24H,7-10,13H2,1-6H3. The zero-order valence-corrected chi connectivity index (χ0v) is 17.2. The van der Waals surface area contributed by atoms with E-state index in [2.05, 4.69) is 46.9 Å². The Morgan fingerprint density at radius 3 is 2.00 bits per heavy atom. The molecule has 0 spiro atoms. The van der Waals surface area contributed by atoms with Gasteiger partial charge in [-0.25, -0.2) is 0 Å². The molecule has 0 unspecified atom stereocenters. The first-order chi connectivity index (χ1) is 11.5. The Balaban J connectivity index is 2.23. The van der Waals surface area contributed by atoms with Gasteiger partial charge < -0.3 is 15.3 Å². The van der Waals surface area contributed by atoms with Crippen LogP contribution in [-0.2, 0) is 15.6 Å². The van der Waals surface area contributed by atoms with Crippen LogP contribution in [0.25, 0.3) is 0 Å². The third-order valence-electron chi connectivity index (χ3n) is 4.53. The third kappa shape index (κ3) is 5.14. The first-order valence-electron chi connectivity index (χ1n) is 8.99. The van der Waals surface area contributed by atoms with Crippen LogP contribution in [0.2, 0.25) is 0 Å². The van der Waals surface area contributed by atoms with Gasteiger partial charge in [0.15, 0.2) is 0 Å². The fourth-order valence-electron chi connectivity index (χ4n) is 2.99. The second-order valence-corrected chi connectivity index (χ2v) is 9.84. The predicted molar refractivity (Wildman–Crippen MR) is 106 cm³/mol. The molecule has 4 nitrogen and oxygen atoms in total. The van der Waals surface area contributed by atoms with E-state index in [1.807, 2.05) is 17.0 Å². The van der Waals surface area contributed by atoms with Crippen molar-refractivity contribution in [1.82, 2.24) is 10.2 Å². The molecular weight excluding hydrogens is 332 g/mol. The molecule has 2 rings (SSSR count). The van der Waals surface area contributed by atoms with Crippen molar-refractivity contribution >= 4 is 17.7 Å². The molecule has 5 heteroatoms. The van der Waals surface area contributed by atoms with Crippen molar-refractivity contribution in [3.05, 3.63) is 23.3 Å². The molecule has 0 aromatic heterocycles. The van der Waals surface area contributed by atoms with E-state index in [0.717, 1.165) is 42.2 Å². The van der Waals surface area contributed by atoms with E-state index in [1.165, 1.54) is 0 Å². The lowest BCUT2D eigenvalue weighted by atomic mass is 9.79. The number of rotatable bonds is 3. The van der Waals surface area contributed by atoms with Gasteiger partial charge in [-0.2, -0.15) is 0 Å². The Labute approximate surface area is 156 Å². The highest BCUT2D eigenvalue weighted by Gasteiger charge is 2.27. The molecule has 1 amide bonds. The van der Waals surface area contributed by atoms with Crippen LogP contribution in [0, 0.1) is 0 Å². The lowest BCUT2D eigenvalue weighted by Gasteiger charge is -2.29. The van der Waals surface area contributed by atoms with Crippen molar-refractivity contribution in [2.75, 3.05) is 31.9 Å². The second kappa shape index (κ2) is 7.58. The lowest BCUT2D eigenvalue weighted by Crippen LogP contribution is -2.47. The normalized spacial score (nSPS) is 16.2. The number of carbonyl (C=O) groups is 1. The summed E-state index contributed by atoms with van der Waals surface area (Å²) < 4.78 is 0. The van der Waals surface area contributed by atoms with Crippen molar-refractivity contribution < 1.29 is 9.90 Å². The Kier molecular flexibility index (Phi) is 6.10. The largest absolute Gasteiger partial charge is 0.507 e. The third-order valence-corrected chi connectivity index (χ3v) is 5.49. The van der Waals surface area contributed by atoms with Crippen LogP contribution >= 0.6 is 11.8 Å². The molecule has 0 saturated carbocycles. The Hall–Kier alpha value is -1.20. The molecule has 1 aromatic rings. The van der Waals surface area contributed by atoms with Crippen LogP contribution in [0.3, 0.4) is 0 Å². The minimum Gasteiger partial charge on any atom is -0.507 e. The number of nitrogens with one attached hydrogen (secondary N) is 1. The van der Waals surface area contributed by atoms with Gasteiger partial charge in [0.1, 0.15) is 5.75 Å². The zero-order chi connectivity index (χ0) is 18.8. The van der Waals surface area contributed by atoms with Gasteiger partial charge in [0.05, 0.1) is 5.75 Å². The van der Waals surface area contributed by atoms with E-state index >= 15 is 0 Å². The summed E-state index contributed by atoms with van der Waals surface area (Å²) in [4.78, 5) is 15.4. The van der Waals surface area contributed by atoms with Crippen LogP contribution in [0.1, 0.15) is 52.7 Å². The van der Waals surface area contributed by atoms with E-state index in [9.17, 15) is 9.90 Å². The highest BCUT2D eigenvalue weighted by Crippen LogP contribution is 2.41. The second-order valence-electron chi connectivity index (χ2n) is 8.79. The number of thioether (sulfide) groups is 1. The van der Waals surface area contributed by atoms with E-state index in [-0.39, 0.29) is 16.7 Å². The number of hydrogen-bond donors (Lipinski definition) is 2. The number of piperazine rings is 1. The number of amides is 1. The maximum atomic E-state index is 12.4. The molecule has 0 atom stereocenters. The fourth-order valence-corrected chi connectivity index (χ4v) is 3.86. The summed E-state index contributed by atoms with van der Waals surface area (Å²) in [6, 6.07) is 4.08. The SMILES string of the molecule is CC(C)(C)c1cc(SCC(=O)N2CCNCC2)cc(C(C)(C)C)c1O. The van der Waals surface area contributed by atoms with Gasteiger partial charge in [0, 0.05) is 42.2 Å². The van der Waals surface area contributed by atoms with Gasteiger partial charge in [0.25, 0.3) is 0 Å². The first-order valence-corrected chi connectivity index (χ1v) is 9.98. The monoisotopic (exact) mass is 364 g/mol. The summed E-state index contributed by atoms with van der Waals surface area (Å²) in [6.07, 6.45) is 0. The summed E-state index contributed by atoms with van der Waals surface area (Å²) in [7, 11) is 0. The minimum absolute atomic E-state index is 0.150. The van der Waals surface area contributed by atoms with Crippen molar-refractivity contribution in [3.8, 4) is 5.75 Å². The fraction of sp³-hybridized carbons (Fsp3) is 0.650. The number of phenolic OH excluding ortho intramolecular Hbond substituents is 1. The molecule has 2 N–H and O–H groups in total. The molecule has 1 heterocycles. The summed E-state index contributed by atoms with van der Waals surface area (Å²) in [5.41, 5.74) is 1.58. The molecule has 1 aliphatic heterocycles. The molecule has 1 saturated heterocycles. The van der Waals surface area contributed by atoms with E-state index in [4.69, 9.17) is 0 Å². The quantitative estimate of drug-likeness (QED) is 0.806. The van der Waals surface area contributed by atoms with Crippen molar-refractivity contribution in [2.45, 2.75) is 57.3 Å². The summed E-state index contributed by atoms with van der Waals surface area (Å²) in [5, 5.41) is 14.0. The molecule has 0 radical (unpaired) electrons. The van der Waals surface area contributed by atoms with Gasteiger partial charge in [-0.1, -0.05) is 41.5 Å². The Morgan fingerprint density at radius 2 is 1.56 bits per heavy atom. The highest BCUT2D eigenvalue weighted by atomic mass is 32.2. The molecule has 0 bridgehead atoms. The van der Waals surface area contributed by atoms with Gasteiger partial charge in [-0.15, -0.1) is 11.8 Å². The lowest BCUT2D eigenvalue weighted by molar-refractivity contribution is -0.128. The zero-order valence-electron chi connectivity index (χ0n) is 16.4. The number of phenols is 1. The van der Waals surface area contributed by atoms with E-state index in [1.54, 1.807) is 11.8 Å². The van der Waals surface area contributed by atoms with Crippen LogP contribution in [0.5, 0.6) is 5.75 Å². The van der Waals surface area contributed by atoms with Crippen molar-refractivity contribution in [2.24, 2.45) is 0 Å². The maximum Gasteiger partial charge on any atom is 0.233 e. The highest BCUT2D eigenvalue weighted by molar-refractivity contribution is 8.00. The van der Waals surface area contributed by atoms with Crippen molar-refractivity contribution in [3.63, 3.8) is 0 Å². The summed E-state index contributed by atoms with van der Waals surface area (Å²) >= 11 is 1.57. The average molecular weight is 365 g/mol. The number of carbonyl (C=O) groups excluding carboxylic acids is 1. The molecule has 25 heavy (non-hydrogen) atoms. The summed E-state index contributed by atoms with van der Waals surface area (Å²) in [6.45, 7) is 16.0. The van der Waals surface area contributed by atoms with Gasteiger partial charge in [0.2, 0.25) is 5.91 Å². The smallest absolute Gasteiger partial charge is 0.233 e. The predicted octanol–water partition coefficient (Wildman–Crippen LogP) is 3.51. The van der Waals surface area contributed by atoms with Crippen LogP contribution in [0.4, 0.5) is 0 Å². The van der Waals surface area contributed by atoms with Gasteiger partial charge in [-0.05, 0) is 23.0 Å². The van der Waals surface area contributed by atoms with E-state index < -0.39 is 0 Å². The number of hydrogen-bond acceptors (Lipinski definition) is 4. The first kappa shape index (κ1) is 20.1. The van der Waals surface area contributed by atoms with Crippen LogP contribution in [-0.4, -0.2) is 47.8 Å². The minimum atomic E-state index is -0.150. The van der Waals surface area contributed by atoms with Gasteiger partial charge in [-0.3, -0.25) is 4.79 Å². The molecule has 1 fully saturated rings. The molecule has 1 aliphatic rings.